The lowest BCUT2D eigenvalue weighted by Crippen LogP contribution is -2.45. The Morgan fingerprint density at radius 1 is 1.02 bits per heavy atom. The topological polar surface area (TPSA) is 127 Å². The summed E-state index contributed by atoms with van der Waals surface area (Å²) in [5.41, 5.74) is -8.25. The maximum atomic E-state index is 14.7. The van der Waals surface area contributed by atoms with Gasteiger partial charge < -0.3 is 14.3 Å². The van der Waals surface area contributed by atoms with Crippen LogP contribution in [0.25, 0.3) is 11.6 Å². The number of ketones is 1. The van der Waals surface area contributed by atoms with Gasteiger partial charge in [0.2, 0.25) is 11.5 Å². The van der Waals surface area contributed by atoms with Gasteiger partial charge in [-0.1, -0.05) is 30.3 Å². The highest BCUT2D eigenvalue weighted by Crippen LogP contribution is 2.48. The van der Waals surface area contributed by atoms with Gasteiger partial charge in [0.15, 0.2) is 11.5 Å². The molecule has 9 nitrogen and oxygen atoms in total. The molecule has 42 heavy (non-hydrogen) atoms. The fraction of sp³-hybridized carbons (Fsp3) is 0.400. The van der Waals surface area contributed by atoms with E-state index in [1.807, 2.05) is 0 Å². The Morgan fingerprint density at radius 3 is 2.33 bits per heavy atom. The first kappa shape index (κ1) is 30.8. The summed E-state index contributed by atoms with van der Waals surface area (Å²) in [5, 5.41) is 17.5. The van der Waals surface area contributed by atoms with E-state index >= 15 is 0 Å². The van der Waals surface area contributed by atoms with Crippen LogP contribution in [0.3, 0.4) is 0 Å². The Balaban J connectivity index is 1.95. The number of Topliss-reactive ketones (excluding diaryl/α,β-unsaturated/α-hetero) is 1. The number of nitrogens with one attached hydrogen (secondary N) is 1. The van der Waals surface area contributed by atoms with Crippen molar-refractivity contribution in [3.8, 4) is 11.6 Å². The average Bonchev–Trinajstić information content (AvgIpc) is 3.38. The van der Waals surface area contributed by atoms with Crippen molar-refractivity contribution in [3.63, 3.8) is 0 Å². The summed E-state index contributed by atoms with van der Waals surface area (Å²) in [5.74, 6) is -7.52. The highest BCUT2D eigenvalue weighted by molar-refractivity contribution is 5.98. The van der Waals surface area contributed by atoms with E-state index in [1.165, 1.54) is 24.3 Å². The molecular formula is C25H20F8N4O5. The number of nitrogens with zero attached hydrogens (tertiary/aromatic N) is 3. The maximum Gasteiger partial charge on any atom is 0.426 e. The fourth-order valence-electron chi connectivity index (χ4n) is 4.30. The summed E-state index contributed by atoms with van der Waals surface area (Å²) in [6.45, 7) is -0.683. The summed E-state index contributed by atoms with van der Waals surface area (Å²) in [7, 11) is 0. The number of pyridine rings is 1. The Bertz CT molecular complexity index is 1460. The van der Waals surface area contributed by atoms with Gasteiger partial charge in [0.1, 0.15) is 5.69 Å². The van der Waals surface area contributed by atoms with Crippen LogP contribution in [0.15, 0.2) is 40.8 Å². The standard InChI is InChI=1S/C25H20F8N4O5/c26-22(27)8-4-9-23(25(31,32)33,41-12-13-5-2-1-3-6-13)20-37-36-19(42-20)18-15(34-21(39)40)11-14(24(28,29)30)17(35-18)16(38)7-10-22/h1-3,5-6,11,34H,4,7-10,12H2,(H,39,40). The predicted octanol–water partition coefficient (Wildman–Crippen LogP) is 7.00. The first-order valence-electron chi connectivity index (χ1n) is 12.1. The monoisotopic (exact) mass is 608 g/mol. The van der Waals surface area contributed by atoms with Gasteiger partial charge in [-0.3, -0.25) is 10.1 Å². The zero-order chi connectivity index (χ0) is 30.9. The van der Waals surface area contributed by atoms with E-state index in [2.05, 4.69) is 15.2 Å². The number of carbonyl (C=O) groups is 2. The van der Waals surface area contributed by atoms with Crippen molar-refractivity contribution >= 4 is 17.6 Å². The third-order valence-electron chi connectivity index (χ3n) is 6.38. The average molecular weight is 608 g/mol. The molecule has 1 amide bonds. The Hall–Kier alpha value is -4.15. The minimum atomic E-state index is -5.34. The normalized spacial score (nSPS) is 19.7. The van der Waals surface area contributed by atoms with E-state index in [9.17, 15) is 44.7 Å². The zero-order valence-corrected chi connectivity index (χ0v) is 21.2. The Kier molecular flexibility index (Phi) is 8.26. The third kappa shape index (κ3) is 6.50. The number of alkyl halides is 8. The third-order valence-corrected chi connectivity index (χ3v) is 6.38. The number of carboxylic acid groups (broad SMARTS) is 1. The van der Waals surface area contributed by atoms with Gasteiger partial charge in [0.25, 0.3) is 11.8 Å². The molecule has 3 heterocycles. The molecule has 0 fully saturated rings. The lowest BCUT2D eigenvalue weighted by atomic mass is 9.92. The van der Waals surface area contributed by atoms with E-state index in [4.69, 9.17) is 14.3 Å². The molecule has 0 saturated carbocycles. The minimum Gasteiger partial charge on any atom is -0.465 e. The van der Waals surface area contributed by atoms with Gasteiger partial charge in [0, 0.05) is 19.3 Å². The number of fused-ring (bicyclic) bond motifs is 5. The Labute approximate surface area is 230 Å². The highest BCUT2D eigenvalue weighted by atomic mass is 19.4. The van der Waals surface area contributed by atoms with Gasteiger partial charge in [-0.15, -0.1) is 10.2 Å². The van der Waals surface area contributed by atoms with Crippen LogP contribution in [-0.2, 0) is 23.1 Å². The quantitative estimate of drug-likeness (QED) is 0.303. The van der Waals surface area contributed by atoms with Crippen molar-refractivity contribution in [1.29, 1.82) is 0 Å². The van der Waals surface area contributed by atoms with Gasteiger partial charge >= 0.3 is 18.4 Å². The second-order valence-corrected chi connectivity index (χ2v) is 9.35. The molecule has 4 rings (SSSR count). The molecule has 226 valence electrons. The molecule has 0 spiro atoms. The molecule has 1 unspecified atom stereocenters. The summed E-state index contributed by atoms with van der Waals surface area (Å²) in [6.07, 6.45) is -18.2. The molecule has 4 bridgehead atoms. The molecule has 17 heteroatoms. The molecule has 1 atom stereocenters. The van der Waals surface area contributed by atoms with Crippen LogP contribution in [-0.4, -0.2) is 44.3 Å². The van der Waals surface area contributed by atoms with Gasteiger partial charge in [0.05, 0.1) is 17.9 Å². The van der Waals surface area contributed by atoms with Gasteiger partial charge in [-0.25, -0.2) is 18.6 Å². The number of benzene rings is 1. The molecule has 1 aliphatic rings. The van der Waals surface area contributed by atoms with Crippen LogP contribution in [0.2, 0.25) is 0 Å². The van der Waals surface area contributed by atoms with E-state index in [0.29, 0.717) is 0 Å². The first-order valence-corrected chi connectivity index (χ1v) is 12.1. The highest BCUT2D eigenvalue weighted by Gasteiger charge is 2.61. The number of ether oxygens (including phenoxy) is 1. The van der Waals surface area contributed by atoms with E-state index in [1.54, 1.807) is 11.4 Å². The zero-order valence-electron chi connectivity index (χ0n) is 21.2. The largest absolute Gasteiger partial charge is 0.465 e. The van der Waals surface area contributed by atoms with Crippen molar-refractivity contribution in [1.82, 2.24) is 15.2 Å². The molecule has 0 saturated heterocycles. The molecule has 1 aliphatic heterocycles. The summed E-state index contributed by atoms with van der Waals surface area (Å²) < 4.78 is 125. The molecule has 2 aromatic heterocycles. The maximum absolute atomic E-state index is 14.7. The van der Waals surface area contributed by atoms with Gasteiger partial charge in [-0.2, -0.15) is 26.3 Å². The van der Waals surface area contributed by atoms with Crippen molar-refractivity contribution in [2.24, 2.45) is 0 Å². The molecule has 0 radical (unpaired) electrons. The number of aromatic nitrogens is 3. The lowest BCUT2D eigenvalue weighted by Gasteiger charge is -2.33. The van der Waals surface area contributed by atoms with Crippen molar-refractivity contribution in [2.75, 3.05) is 5.32 Å². The summed E-state index contributed by atoms with van der Waals surface area (Å²) in [4.78, 5) is 27.5. The van der Waals surface area contributed by atoms with Crippen LogP contribution >= 0.6 is 0 Å². The number of hydrogen-bond donors (Lipinski definition) is 2. The van der Waals surface area contributed by atoms with Crippen molar-refractivity contribution < 1.29 is 59.0 Å². The van der Waals surface area contributed by atoms with Gasteiger partial charge in [-0.05, 0) is 24.5 Å². The van der Waals surface area contributed by atoms with Crippen molar-refractivity contribution in [3.05, 3.63) is 59.1 Å². The van der Waals surface area contributed by atoms with E-state index in [-0.39, 0.29) is 11.6 Å². The molecule has 3 aromatic rings. The number of hydrogen-bond acceptors (Lipinski definition) is 7. The lowest BCUT2D eigenvalue weighted by molar-refractivity contribution is -0.300. The second-order valence-electron chi connectivity index (χ2n) is 9.35. The van der Waals surface area contributed by atoms with Crippen molar-refractivity contribution in [2.45, 2.75) is 62.6 Å². The van der Waals surface area contributed by atoms with Crippen LogP contribution in [0, 0.1) is 0 Å². The summed E-state index contributed by atoms with van der Waals surface area (Å²) >= 11 is 0. The molecule has 2 N–H and O–H groups in total. The number of anilines is 1. The number of amides is 1. The first-order chi connectivity index (χ1) is 19.5. The van der Waals surface area contributed by atoms with Crippen LogP contribution in [0.5, 0.6) is 0 Å². The number of carbonyl (C=O) groups excluding carboxylic acids is 1. The molecule has 0 aliphatic carbocycles. The van der Waals surface area contributed by atoms with Crippen LogP contribution in [0.4, 0.5) is 45.6 Å². The SMILES string of the molecule is O=C(O)Nc1cc(C(F)(F)F)c2nc1-c1nnc(o1)C(OCc1ccccc1)(C(F)(F)F)CCCC(F)(F)CCC2=O. The number of halogens is 8. The predicted molar refractivity (Wildman–Crippen MR) is 126 cm³/mol. The smallest absolute Gasteiger partial charge is 0.426 e. The van der Waals surface area contributed by atoms with E-state index in [0.717, 1.165) is 0 Å². The molecule has 1 aromatic carbocycles. The number of rotatable bonds is 4. The van der Waals surface area contributed by atoms with Crippen LogP contribution < -0.4 is 5.32 Å². The fourth-order valence-corrected chi connectivity index (χ4v) is 4.30. The molecular weight excluding hydrogens is 588 g/mol. The van der Waals surface area contributed by atoms with Crippen LogP contribution in [0.1, 0.15) is 59.6 Å². The summed E-state index contributed by atoms with van der Waals surface area (Å²) in [6, 6.07) is 7.65. The van der Waals surface area contributed by atoms with E-state index < -0.39 is 109 Å². The second kappa shape index (κ2) is 11.3. The minimum absolute atomic E-state index is 0.139. The Morgan fingerprint density at radius 2 is 1.71 bits per heavy atom.